The van der Waals surface area contributed by atoms with Crippen LogP contribution in [-0.4, -0.2) is 23.8 Å². The average Bonchev–Trinajstić information content (AvgIpc) is 3.43. The third kappa shape index (κ3) is 3.99. The smallest absolute Gasteiger partial charge is 0.237 e. The van der Waals surface area contributed by atoms with Crippen molar-refractivity contribution in [3.8, 4) is 5.75 Å². The number of ether oxygens (including phenoxy) is 1. The van der Waals surface area contributed by atoms with Gasteiger partial charge in [-0.2, -0.15) is 0 Å². The molecule has 5 aromatic rings. The summed E-state index contributed by atoms with van der Waals surface area (Å²) in [6, 6.07) is 20.3. The van der Waals surface area contributed by atoms with Crippen molar-refractivity contribution in [3.05, 3.63) is 84.1 Å². The van der Waals surface area contributed by atoms with E-state index >= 15 is 0 Å². The predicted molar refractivity (Wildman–Crippen MR) is 130 cm³/mol. The number of methoxy groups -OCH3 is 1. The minimum absolute atomic E-state index is 0.0280. The fraction of sp³-hybridized carbons (Fsp3) is 0.115. The number of aromatic nitrogens is 1. The molecule has 0 fully saturated rings. The Morgan fingerprint density at radius 1 is 1.06 bits per heavy atom. The molecule has 0 saturated heterocycles. The van der Waals surface area contributed by atoms with Crippen molar-refractivity contribution in [2.75, 3.05) is 12.0 Å². The lowest BCUT2D eigenvalue weighted by molar-refractivity contribution is -0.117. The van der Waals surface area contributed by atoms with Gasteiger partial charge in [-0.05, 0) is 55.5 Å². The lowest BCUT2D eigenvalue weighted by Crippen LogP contribution is -2.27. The first-order valence-electron chi connectivity index (χ1n) is 10.4. The van der Waals surface area contributed by atoms with Gasteiger partial charge in [0.1, 0.15) is 11.3 Å². The zero-order valence-corrected chi connectivity index (χ0v) is 18.9. The molecular weight excluding hydrogens is 436 g/mol. The molecule has 0 atom stereocenters. The minimum Gasteiger partial charge on any atom is -0.497 e. The van der Waals surface area contributed by atoms with E-state index in [0.29, 0.717) is 27.7 Å². The Morgan fingerprint density at radius 2 is 1.85 bits per heavy atom. The fourth-order valence-electron chi connectivity index (χ4n) is 3.73. The molecule has 2 heterocycles. The van der Waals surface area contributed by atoms with E-state index in [4.69, 9.17) is 14.1 Å². The van der Waals surface area contributed by atoms with Crippen LogP contribution in [0.4, 0.5) is 10.8 Å². The van der Waals surface area contributed by atoms with E-state index in [9.17, 15) is 9.59 Å². The molecule has 3 aromatic carbocycles. The monoisotopic (exact) mass is 456 g/mol. The number of furan rings is 1. The second kappa shape index (κ2) is 8.52. The van der Waals surface area contributed by atoms with Crippen LogP contribution < -0.4 is 9.64 Å². The number of carbonyl (C=O) groups excluding carboxylic acids is 2. The van der Waals surface area contributed by atoms with Crippen molar-refractivity contribution in [3.63, 3.8) is 0 Å². The Balaban J connectivity index is 1.54. The van der Waals surface area contributed by atoms with Gasteiger partial charge in [0.15, 0.2) is 10.9 Å². The maximum Gasteiger partial charge on any atom is 0.237 e. The first kappa shape index (κ1) is 20.9. The fourth-order valence-corrected chi connectivity index (χ4v) is 4.74. The van der Waals surface area contributed by atoms with Gasteiger partial charge in [-0.15, -0.1) is 0 Å². The Bertz CT molecular complexity index is 1450. The van der Waals surface area contributed by atoms with Crippen LogP contribution in [0.5, 0.6) is 5.75 Å². The molecule has 7 heteroatoms. The van der Waals surface area contributed by atoms with E-state index in [0.717, 1.165) is 21.2 Å². The van der Waals surface area contributed by atoms with Crippen LogP contribution in [0.25, 0.3) is 21.2 Å². The van der Waals surface area contributed by atoms with Crippen molar-refractivity contribution in [1.82, 2.24) is 4.98 Å². The van der Waals surface area contributed by atoms with E-state index in [1.807, 2.05) is 36.4 Å². The van der Waals surface area contributed by atoms with Crippen molar-refractivity contribution in [1.29, 1.82) is 0 Å². The molecule has 0 bridgehead atoms. The molecule has 0 aliphatic heterocycles. The standard InChI is InChI=1S/C26H20N2O4S/c1-16(29)17-7-9-19(10-8-17)28(26-27-22-5-3-4-6-24(22)33-26)25(30)13-18-15-32-23-14-20(31-2)11-12-21(18)23/h3-12,14-15H,13H2,1-2H3. The highest BCUT2D eigenvalue weighted by Crippen LogP contribution is 2.35. The number of nitrogens with zero attached hydrogens (tertiary/aromatic N) is 2. The Hall–Kier alpha value is -3.97. The first-order valence-corrected chi connectivity index (χ1v) is 11.2. The topological polar surface area (TPSA) is 72.6 Å². The molecule has 0 aliphatic rings. The summed E-state index contributed by atoms with van der Waals surface area (Å²) in [5, 5.41) is 1.44. The van der Waals surface area contributed by atoms with Gasteiger partial charge in [-0.3, -0.25) is 14.5 Å². The van der Waals surface area contributed by atoms with Crippen molar-refractivity contribution in [2.45, 2.75) is 13.3 Å². The summed E-state index contributed by atoms with van der Waals surface area (Å²) < 4.78 is 11.9. The molecular formula is C26H20N2O4S. The molecule has 33 heavy (non-hydrogen) atoms. The molecule has 0 N–H and O–H groups in total. The zero-order chi connectivity index (χ0) is 22.9. The maximum absolute atomic E-state index is 13.6. The third-order valence-electron chi connectivity index (χ3n) is 5.46. The molecule has 0 spiro atoms. The van der Waals surface area contributed by atoms with Gasteiger partial charge in [0.05, 0.1) is 35.7 Å². The molecule has 2 aromatic heterocycles. The number of amides is 1. The first-order chi connectivity index (χ1) is 16.0. The van der Waals surface area contributed by atoms with Gasteiger partial charge in [0.2, 0.25) is 5.91 Å². The number of hydrogen-bond acceptors (Lipinski definition) is 6. The molecule has 5 rings (SSSR count). The number of fused-ring (bicyclic) bond motifs is 2. The van der Waals surface area contributed by atoms with Crippen LogP contribution in [-0.2, 0) is 11.2 Å². The predicted octanol–water partition coefficient (Wildman–Crippen LogP) is 6.16. The summed E-state index contributed by atoms with van der Waals surface area (Å²) in [6.45, 7) is 1.52. The molecule has 164 valence electrons. The van der Waals surface area contributed by atoms with Gasteiger partial charge >= 0.3 is 0 Å². The summed E-state index contributed by atoms with van der Waals surface area (Å²) in [7, 11) is 1.60. The lowest BCUT2D eigenvalue weighted by atomic mass is 10.1. The van der Waals surface area contributed by atoms with Gasteiger partial charge < -0.3 is 9.15 Å². The summed E-state index contributed by atoms with van der Waals surface area (Å²) >= 11 is 1.45. The van der Waals surface area contributed by atoms with Gasteiger partial charge in [0, 0.05) is 22.6 Å². The normalized spacial score (nSPS) is 11.1. The SMILES string of the molecule is COc1ccc2c(CC(=O)N(c3ccc(C(C)=O)cc3)c3nc4ccccc4s3)coc2c1. The summed E-state index contributed by atoms with van der Waals surface area (Å²) in [6.07, 6.45) is 1.74. The summed E-state index contributed by atoms with van der Waals surface area (Å²) in [5.74, 6) is 0.513. The van der Waals surface area contributed by atoms with Crippen LogP contribution in [0.1, 0.15) is 22.8 Å². The number of hydrogen-bond donors (Lipinski definition) is 0. The Kier molecular flexibility index (Phi) is 5.40. The quantitative estimate of drug-likeness (QED) is 0.286. The van der Waals surface area contributed by atoms with Crippen LogP contribution in [0.2, 0.25) is 0 Å². The average molecular weight is 457 g/mol. The highest BCUT2D eigenvalue weighted by atomic mass is 32.1. The molecule has 1 amide bonds. The van der Waals surface area contributed by atoms with Gasteiger partial charge in [0.25, 0.3) is 0 Å². The van der Waals surface area contributed by atoms with Crippen LogP contribution in [0.15, 0.2) is 77.4 Å². The number of thiazole rings is 1. The van der Waals surface area contributed by atoms with Crippen LogP contribution >= 0.6 is 11.3 Å². The number of carbonyl (C=O) groups is 2. The van der Waals surface area contributed by atoms with Gasteiger partial charge in [-0.1, -0.05) is 23.5 Å². The molecule has 0 saturated carbocycles. The lowest BCUT2D eigenvalue weighted by Gasteiger charge is -2.20. The largest absolute Gasteiger partial charge is 0.497 e. The van der Waals surface area contributed by atoms with Crippen molar-refractivity contribution >= 4 is 55.0 Å². The van der Waals surface area contributed by atoms with Crippen LogP contribution in [0.3, 0.4) is 0 Å². The molecule has 0 radical (unpaired) electrons. The van der Waals surface area contributed by atoms with Crippen molar-refractivity contribution < 1.29 is 18.7 Å². The van der Waals surface area contributed by atoms with Crippen LogP contribution in [0, 0.1) is 0 Å². The van der Waals surface area contributed by atoms with E-state index < -0.39 is 0 Å². The highest BCUT2D eigenvalue weighted by Gasteiger charge is 2.24. The van der Waals surface area contributed by atoms with E-state index in [1.54, 1.807) is 48.6 Å². The van der Waals surface area contributed by atoms with Crippen molar-refractivity contribution in [2.24, 2.45) is 0 Å². The van der Waals surface area contributed by atoms with Gasteiger partial charge in [-0.25, -0.2) is 4.98 Å². The molecule has 6 nitrogen and oxygen atoms in total. The zero-order valence-electron chi connectivity index (χ0n) is 18.1. The van der Waals surface area contributed by atoms with E-state index in [2.05, 4.69) is 0 Å². The maximum atomic E-state index is 13.6. The number of rotatable bonds is 6. The number of anilines is 2. The van der Waals surface area contributed by atoms with E-state index in [1.165, 1.54) is 18.3 Å². The highest BCUT2D eigenvalue weighted by molar-refractivity contribution is 7.22. The molecule has 0 aliphatic carbocycles. The molecule has 0 unspecified atom stereocenters. The number of para-hydroxylation sites is 1. The Morgan fingerprint density at radius 3 is 2.58 bits per heavy atom. The second-order valence-electron chi connectivity index (χ2n) is 7.60. The van der Waals surface area contributed by atoms with E-state index in [-0.39, 0.29) is 18.1 Å². The number of benzene rings is 3. The Labute approximate surface area is 194 Å². The second-order valence-corrected chi connectivity index (χ2v) is 8.61. The number of Topliss-reactive ketones (excluding diaryl/α,β-unsaturated/α-hetero) is 1. The summed E-state index contributed by atoms with van der Waals surface area (Å²) in [5.41, 5.74) is 3.51. The minimum atomic E-state index is -0.150. The summed E-state index contributed by atoms with van der Waals surface area (Å²) in [4.78, 5) is 31.7. The third-order valence-corrected chi connectivity index (χ3v) is 6.48. The number of ketones is 1.